The van der Waals surface area contributed by atoms with Crippen LogP contribution in [0.3, 0.4) is 0 Å². The first-order valence-electron chi connectivity index (χ1n) is 13.4. The molecule has 0 aliphatic carbocycles. The SMILES string of the molecule is CC1(C)CCN(c2cnc(Sc3cccc(CC(O)=C4C(=O)CN(c5ccccc5)C4=O)c3C(F)(F)F)c(N)n2)CC1. The fourth-order valence-corrected chi connectivity index (χ4v) is 6.07. The lowest BCUT2D eigenvalue weighted by molar-refractivity contribution is -0.140. The number of carbonyl (C=O) groups excluding carboxylic acids is 2. The molecule has 2 saturated heterocycles. The van der Waals surface area contributed by atoms with Crippen molar-refractivity contribution < 1.29 is 27.9 Å². The van der Waals surface area contributed by atoms with Gasteiger partial charge in [0.1, 0.15) is 22.2 Å². The van der Waals surface area contributed by atoms with Gasteiger partial charge in [0.25, 0.3) is 5.91 Å². The molecule has 0 bridgehead atoms. The Bertz CT molecular complexity index is 1550. The molecular formula is C30H30F3N5O3S. The number of aliphatic hydroxyl groups is 1. The van der Waals surface area contributed by atoms with Crippen LogP contribution in [0.2, 0.25) is 0 Å². The van der Waals surface area contributed by atoms with Crippen molar-refractivity contribution in [3.63, 3.8) is 0 Å². The van der Waals surface area contributed by atoms with E-state index in [1.807, 2.05) is 0 Å². The van der Waals surface area contributed by atoms with E-state index in [0.29, 0.717) is 11.5 Å². The fraction of sp³-hybridized carbons (Fsp3) is 0.333. The van der Waals surface area contributed by atoms with E-state index in [1.165, 1.54) is 29.3 Å². The Hall–Kier alpha value is -4.06. The van der Waals surface area contributed by atoms with Gasteiger partial charge in [-0.05, 0) is 42.0 Å². The van der Waals surface area contributed by atoms with Crippen LogP contribution in [0.1, 0.15) is 37.8 Å². The molecule has 1 aromatic heterocycles. The maximum atomic E-state index is 14.4. The molecule has 0 spiro atoms. The second-order valence-corrected chi connectivity index (χ2v) is 12.1. The first-order chi connectivity index (χ1) is 19.8. The average molecular weight is 598 g/mol. The highest BCUT2D eigenvalue weighted by molar-refractivity contribution is 7.99. The van der Waals surface area contributed by atoms with Gasteiger partial charge in [0, 0.05) is 30.1 Å². The van der Waals surface area contributed by atoms with E-state index in [4.69, 9.17) is 5.73 Å². The van der Waals surface area contributed by atoms with Crippen molar-refractivity contribution in [3.8, 4) is 0 Å². The Labute approximate surface area is 245 Å². The maximum absolute atomic E-state index is 14.4. The van der Waals surface area contributed by atoms with Crippen LogP contribution in [0, 0.1) is 5.41 Å². The summed E-state index contributed by atoms with van der Waals surface area (Å²) in [7, 11) is 0. The molecule has 220 valence electrons. The maximum Gasteiger partial charge on any atom is 0.417 e. The highest BCUT2D eigenvalue weighted by Crippen LogP contribution is 2.43. The number of para-hydroxylation sites is 1. The van der Waals surface area contributed by atoms with Gasteiger partial charge in [0.05, 0.1) is 18.3 Å². The van der Waals surface area contributed by atoms with Gasteiger partial charge < -0.3 is 20.6 Å². The van der Waals surface area contributed by atoms with E-state index in [2.05, 4.69) is 28.7 Å². The number of anilines is 3. The van der Waals surface area contributed by atoms with Crippen LogP contribution in [0.5, 0.6) is 0 Å². The highest BCUT2D eigenvalue weighted by atomic mass is 32.2. The number of piperidine rings is 1. The standard InChI is InChI=1S/C30H30F3N5O3S/c1-29(2)11-13-37(14-12-29)23-16-35-27(26(34)36-23)42-22-10-6-7-18(25(22)30(31,32)33)15-20(39)24-21(40)17-38(28(24)41)19-8-4-3-5-9-19/h3-10,16,39H,11-15,17H2,1-2H3,(H2,34,36). The molecular weight excluding hydrogens is 567 g/mol. The quantitative estimate of drug-likeness (QED) is 0.208. The number of amides is 1. The zero-order chi connectivity index (χ0) is 30.2. The molecule has 0 unspecified atom stereocenters. The Balaban J connectivity index is 1.42. The molecule has 0 atom stereocenters. The third kappa shape index (κ3) is 6.08. The van der Waals surface area contributed by atoms with Crippen LogP contribution in [0.15, 0.2) is 76.0 Å². The number of Topliss-reactive ketones (excluding diaryl/α,β-unsaturated/α-hetero) is 1. The van der Waals surface area contributed by atoms with Crippen LogP contribution in [0.25, 0.3) is 0 Å². The number of rotatable bonds is 6. The smallest absolute Gasteiger partial charge is 0.417 e. The largest absolute Gasteiger partial charge is 0.511 e. The van der Waals surface area contributed by atoms with Crippen LogP contribution in [-0.2, 0) is 22.2 Å². The molecule has 12 heteroatoms. The Morgan fingerprint density at radius 2 is 1.76 bits per heavy atom. The van der Waals surface area contributed by atoms with Crippen LogP contribution >= 0.6 is 11.8 Å². The molecule has 3 aromatic rings. The van der Waals surface area contributed by atoms with Gasteiger partial charge in [-0.1, -0.05) is 55.9 Å². The first-order valence-corrected chi connectivity index (χ1v) is 14.2. The lowest BCUT2D eigenvalue weighted by Gasteiger charge is -2.37. The van der Waals surface area contributed by atoms with Gasteiger partial charge in [-0.2, -0.15) is 13.2 Å². The third-order valence-corrected chi connectivity index (χ3v) is 8.62. The fourth-order valence-electron chi connectivity index (χ4n) is 5.11. The predicted octanol–water partition coefficient (Wildman–Crippen LogP) is 5.83. The topological polar surface area (TPSA) is 113 Å². The third-order valence-electron chi connectivity index (χ3n) is 7.55. The Morgan fingerprint density at radius 1 is 1.07 bits per heavy atom. The highest BCUT2D eigenvalue weighted by Gasteiger charge is 2.40. The van der Waals surface area contributed by atoms with E-state index < -0.39 is 41.2 Å². The number of aromatic nitrogens is 2. The number of nitrogens with two attached hydrogens (primary N) is 1. The summed E-state index contributed by atoms with van der Waals surface area (Å²) in [5, 5.41) is 10.9. The minimum atomic E-state index is -4.81. The number of benzene rings is 2. The summed E-state index contributed by atoms with van der Waals surface area (Å²) in [4.78, 5) is 37.4. The molecule has 5 rings (SSSR count). The average Bonchev–Trinajstić information content (AvgIpc) is 3.23. The van der Waals surface area contributed by atoms with Gasteiger partial charge >= 0.3 is 6.18 Å². The van der Waals surface area contributed by atoms with Crippen molar-refractivity contribution in [3.05, 3.63) is 77.2 Å². The lowest BCUT2D eigenvalue weighted by atomic mass is 9.83. The summed E-state index contributed by atoms with van der Waals surface area (Å²) >= 11 is 0.718. The van der Waals surface area contributed by atoms with Gasteiger partial charge in [-0.3, -0.25) is 9.59 Å². The van der Waals surface area contributed by atoms with E-state index in [9.17, 15) is 27.9 Å². The molecule has 42 heavy (non-hydrogen) atoms. The minimum Gasteiger partial charge on any atom is -0.511 e. The molecule has 3 N–H and O–H groups in total. The molecule has 2 aromatic carbocycles. The monoisotopic (exact) mass is 597 g/mol. The normalized spacial score (nSPS) is 18.5. The summed E-state index contributed by atoms with van der Waals surface area (Å²) in [6, 6.07) is 12.3. The predicted molar refractivity (Wildman–Crippen MR) is 154 cm³/mol. The van der Waals surface area contributed by atoms with Gasteiger partial charge in [0.15, 0.2) is 11.6 Å². The number of allylic oxidation sites excluding steroid dienone is 1. The van der Waals surface area contributed by atoms with Gasteiger partial charge in [0.2, 0.25) is 0 Å². The molecule has 0 radical (unpaired) electrons. The first kappa shape index (κ1) is 29.4. The van der Waals surface area contributed by atoms with Crippen molar-refractivity contribution in [2.24, 2.45) is 5.41 Å². The second-order valence-electron chi connectivity index (χ2n) is 11.1. The molecule has 2 fully saturated rings. The van der Waals surface area contributed by atoms with Crippen LogP contribution < -0.4 is 15.5 Å². The molecule has 8 nitrogen and oxygen atoms in total. The molecule has 3 heterocycles. The lowest BCUT2D eigenvalue weighted by Crippen LogP contribution is -2.37. The number of nitrogens with zero attached hydrogens (tertiary/aromatic N) is 4. The minimum absolute atomic E-state index is 0.00831. The van der Waals surface area contributed by atoms with E-state index >= 15 is 0 Å². The Morgan fingerprint density at radius 3 is 2.40 bits per heavy atom. The molecule has 0 saturated carbocycles. The van der Waals surface area contributed by atoms with Crippen LogP contribution in [-0.4, -0.2) is 46.4 Å². The van der Waals surface area contributed by atoms with Crippen molar-refractivity contribution >= 4 is 40.8 Å². The molecule has 2 aliphatic rings. The van der Waals surface area contributed by atoms with E-state index in [1.54, 1.807) is 30.3 Å². The number of ketones is 1. The van der Waals surface area contributed by atoms with Gasteiger partial charge in [-0.25, -0.2) is 9.97 Å². The summed E-state index contributed by atoms with van der Waals surface area (Å²) in [5.41, 5.74) is 5.01. The number of alkyl halides is 3. The number of carbonyl (C=O) groups is 2. The second kappa shape index (κ2) is 11.3. The van der Waals surface area contributed by atoms with Crippen molar-refractivity contribution in [1.29, 1.82) is 0 Å². The number of hydrogen-bond acceptors (Lipinski definition) is 8. The summed E-state index contributed by atoms with van der Waals surface area (Å²) in [5.74, 6) is -1.56. The molecule has 1 amide bonds. The zero-order valence-electron chi connectivity index (χ0n) is 23.1. The number of aliphatic hydroxyl groups excluding tert-OH is 1. The Kier molecular flexibility index (Phi) is 7.93. The number of halogens is 3. The van der Waals surface area contributed by atoms with E-state index in [0.717, 1.165) is 37.7 Å². The summed E-state index contributed by atoms with van der Waals surface area (Å²) in [6.45, 7) is 5.65. The van der Waals surface area contributed by atoms with Crippen molar-refractivity contribution in [2.75, 3.05) is 35.2 Å². The van der Waals surface area contributed by atoms with Crippen molar-refractivity contribution in [2.45, 2.75) is 49.2 Å². The van der Waals surface area contributed by atoms with Gasteiger partial charge in [-0.15, -0.1) is 0 Å². The zero-order valence-corrected chi connectivity index (χ0v) is 23.9. The number of hydrogen-bond donors (Lipinski definition) is 2. The summed E-state index contributed by atoms with van der Waals surface area (Å²) in [6.07, 6.45) is -2.02. The number of nitrogen functional groups attached to an aromatic ring is 1. The van der Waals surface area contributed by atoms with Crippen molar-refractivity contribution in [1.82, 2.24) is 9.97 Å². The van der Waals surface area contributed by atoms with Crippen LogP contribution in [0.4, 0.5) is 30.5 Å². The summed E-state index contributed by atoms with van der Waals surface area (Å²) < 4.78 is 43.3. The molecule has 2 aliphatic heterocycles. The van der Waals surface area contributed by atoms with E-state index in [-0.39, 0.29) is 33.3 Å².